The zero-order valence-corrected chi connectivity index (χ0v) is 12.0. The van der Waals surface area contributed by atoms with E-state index in [1.807, 2.05) is 0 Å². The summed E-state index contributed by atoms with van der Waals surface area (Å²) in [6.45, 7) is -1.000. The van der Waals surface area contributed by atoms with Gasteiger partial charge in [0.05, 0.1) is 19.4 Å². The van der Waals surface area contributed by atoms with Gasteiger partial charge in [0.25, 0.3) is 0 Å². The zero-order valence-electron chi connectivity index (χ0n) is 11.3. The lowest BCUT2D eigenvalue weighted by Crippen LogP contribution is -2.18. The zero-order chi connectivity index (χ0) is 15.6. The van der Waals surface area contributed by atoms with Crippen molar-refractivity contribution in [1.82, 2.24) is 4.98 Å². The topological polar surface area (TPSA) is 31.4 Å². The van der Waals surface area contributed by atoms with E-state index in [1.165, 1.54) is 6.20 Å². The molecule has 0 bridgehead atoms. The van der Waals surface area contributed by atoms with E-state index in [0.29, 0.717) is 30.0 Å². The predicted molar refractivity (Wildman–Crippen MR) is 73.4 cm³/mol. The fraction of sp³-hybridized carbons (Fsp3) is 0.500. The molecule has 21 heavy (non-hydrogen) atoms. The second kappa shape index (κ2) is 9.48. The number of ether oxygens (including phenoxy) is 2. The third-order valence-corrected chi connectivity index (χ3v) is 2.32. The molecule has 0 unspecified atom stereocenters. The molecule has 3 nitrogen and oxygen atoms in total. The molecule has 0 aliphatic carbocycles. The smallest absolute Gasteiger partial charge is 0.411 e. The third kappa shape index (κ3) is 9.16. The molecular weight excluding hydrogens is 307 g/mol. The van der Waals surface area contributed by atoms with E-state index in [1.54, 1.807) is 12.3 Å². The fourth-order valence-corrected chi connectivity index (χ4v) is 1.41. The number of alkyl halides is 4. The average Bonchev–Trinajstić information content (AvgIpc) is 2.42. The van der Waals surface area contributed by atoms with Gasteiger partial charge >= 0.3 is 6.18 Å². The Morgan fingerprint density at radius 2 is 2.05 bits per heavy atom. The Morgan fingerprint density at radius 1 is 1.24 bits per heavy atom. The van der Waals surface area contributed by atoms with Crippen molar-refractivity contribution in [3.8, 4) is 17.6 Å². The molecule has 0 N–H and O–H groups in total. The Balaban J connectivity index is 2.26. The van der Waals surface area contributed by atoms with Gasteiger partial charge in [-0.05, 0) is 6.07 Å². The van der Waals surface area contributed by atoms with Crippen LogP contribution in [-0.4, -0.2) is 36.9 Å². The van der Waals surface area contributed by atoms with Gasteiger partial charge in [0.1, 0.15) is 12.4 Å². The maximum absolute atomic E-state index is 11.8. The maximum atomic E-state index is 11.8. The molecular formula is C14H15ClF3NO2. The number of halogens is 4. The Morgan fingerprint density at radius 3 is 2.76 bits per heavy atom. The summed E-state index contributed by atoms with van der Waals surface area (Å²) in [5, 5.41) is 0. The molecule has 1 aromatic rings. The summed E-state index contributed by atoms with van der Waals surface area (Å²) in [4.78, 5) is 3.97. The summed E-state index contributed by atoms with van der Waals surface area (Å²) in [7, 11) is 0. The van der Waals surface area contributed by atoms with Crippen molar-refractivity contribution in [2.24, 2.45) is 0 Å². The average molecular weight is 322 g/mol. The summed E-state index contributed by atoms with van der Waals surface area (Å²) in [6, 6.07) is 1.71. The van der Waals surface area contributed by atoms with Crippen molar-refractivity contribution in [2.45, 2.75) is 19.0 Å². The van der Waals surface area contributed by atoms with Gasteiger partial charge in [-0.25, -0.2) is 0 Å². The Hall–Kier alpha value is -1.45. The molecule has 1 aromatic heterocycles. The van der Waals surface area contributed by atoms with E-state index in [4.69, 9.17) is 16.3 Å². The van der Waals surface area contributed by atoms with Crippen LogP contribution in [0, 0.1) is 11.8 Å². The highest BCUT2D eigenvalue weighted by atomic mass is 35.5. The van der Waals surface area contributed by atoms with Crippen LogP contribution >= 0.6 is 11.6 Å². The van der Waals surface area contributed by atoms with Crippen molar-refractivity contribution >= 4 is 11.6 Å². The van der Waals surface area contributed by atoms with E-state index in [0.717, 1.165) is 0 Å². The third-order valence-electron chi connectivity index (χ3n) is 2.13. The second-order valence-corrected chi connectivity index (χ2v) is 4.40. The van der Waals surface area contributed by atoms with Crippen LogP contribution in [0.1, 0.15) is 18.4 Å². The summed E-state index contributed by atoms with van der Waals surface area (Å²) in [5.41, 5.74) is 0.700. The quantitative estimate of drug-likeness (QED) is 0.438. The van der Waals surface area contributed by atoms with Crippen molar-refractivity contribution in [3.63, 3.8) is 0 Å². The second-order valence-electron chi connectivity index (χ2n) is 4.02. The van der Waals surface area contributed by atoms with Crippen molar-refractivity contribution in [2.75, 3.05) is 25.7 Å². The van der Waals surface area contributed by atoms with Crippen LogP contribution in [0.2, 0.25) is 0 Å². The lowest BCUT2D eigenvalue weighted by molar-refractivity contribution is -0.174. The first-order chi connectivity index (χ1) is 10.0. The maximum Gasteiger partial charge on any atom is 0.411 e. The first kappa shape index (κ1) is 17.6. The van der Waals surface area contributed by atoms with Gasteiger partial charge in [-0.1, -0.05) is 11.8 Å². The van der Waals surface area contributed by atoms with Crippen LogP contribution in [0.25, 0.3) is 0 Å². The van der Waals surface area contributed by atoms with Crippen molar-refractivity contribution in [1.29, 1.82) is 0 Å². The number of hydrogen-bond acceptors (Lipinski definition) is 3. The molecule has 0 atom stereocenters. The number of hydrogen-bond donors (Lipinski definition) is 0. The molecule has 0 fully saturated rings. The number of pyridine rings is 1. The molecule has 0 amide bonds. The SMILES string of the molecule is FC(F)(F)COCCCOc1cncc(C#CCCCl)c1. The first-order valence-electron chi connectivity index (χ1n) is 6.28. The Kier molecular flexibility index (Phi) is 7.95. The predicted octanol–water partition coefficient (Wildman–Crippen LogP) is 3.41. The Bertz CT molecular complexity index is 483. The fourth-order valence-electron chi connectivity index (χ4n) is 1.32. The number of aromatic nitrogens is 1. The van der Waals surface area contributed by atoms with E-state index in [9.17, 15) is 13.2 Å². The normalized spacial score (nSPS) is 10.9. The molecule has 7 heteroatoms. The molecule has 0 saturated heterocycles. The molecule has 1 rings (SSSR count). The largest absolute Gasteiger partial charge is 0.492 e. The minimum Gasteiger partial charge on any atom is -0.492 e. The molecule has 0 radical (unpaired) electrons. The molecule has 1 heterocycles. The summed E-state index contributed by atoms with van der Waals surface area (Å²) in [5.74, 6) is 6.74. The van der Waals surface area contributed by atoms with Gasteiger partial charge in [-0.15, -0.1) is 11.6 Å². The molecule has 0 aliphatic rings. The highest BCUT2D eigenvalue weighted by Gasteiger charge is 2.27. The van der Waals surface area contributed by atoms with Crippen molar-refractivity contribution in [3.05, 3.63) is 24.0 Å². The highest BCUT2D eigenvalue weighted by molar-refractivity contribution is 6.18. The summed E-state index contributed by atoms with van der Waals surface area (Å²) >= 11 is 5.51. The lowest BCUT2D eigenvalue weighted by Gasteiger charge is -2.08. The number of rotatable bonds is 7. The van der Waals surface area contributed by atoms with Crippen LogP contribution < -0.4 is 4.74 Å². The molecule has 0 spiro atoms. The minimum atomic E-state index is -4.29. The van der Waals surface area contributed by atoms with Crippen LogP contribution in [0.3, 0.4) is 0 Å². The van der Waals surface area contributed by atoms with Gasteiger partial charge in [0, 0.05) is 30.5 Å². The van der Waals surface area contributed by atoms with E-state index < -0.39 is 12.8 Å². The monoisotopic (exact) mass is 321 g/mol. The lowest BCUT2D eigenvalue weighted by atomic mass is 10.2. The van der Waals surface area contributed by atoms with Crippen molar-refractivity contribution < 1.29 is 22.6 Å². The highest BCUT2D eigenvalue weighted by Crippen LogP contribution is 2.14. The van der Waals surface area contributed by atoms with Gasteiger partial charge < -0.3 is 9.47 Å². The summed E-state index contributed by atoms with van der Waals surface area (Å²) < 4.78 is 45.3. The molecule has 0 aromatic carbocycles. The first-order valence-corrected chi connectivity index (χ1v) is 6.82. The van der Waals surface area contributed by atoms with Gasteiger partial charge in [0.15, 0.2) is 0 Å². The van der Waals surface area contributed by atoms with E-state index in [-0.39, 0.29) is 13.2 Å². The van der Waals surface area contributed by atoms with Crippen LogP contribution in [0.5, 0.6) is 5.75 Å². The van der Waals surface area contributed by atoms with Gasteiger partial charge in [0.2, 0.25) is 0 Å². The van der Waals surface area contributed by atoms with E-state index in [2.05, 4.69) is 21.6 Å². The minimum absolute atomic E-state index is 0.0117. The summed E-state index contributed by atoms with van der Waals surface area (Å²) in [6.07, 6.45) is -0.230. The Labute approximate surface area is 126 Å². The van der Waals surface area contributed by atoms with Crippen LogP contribution in [0.15, 0.2) is 18.5 Å². The standard InChI is InChI=1S/C14H15ClF3NO2/c15-5-2-1-4-12-8-13(10-19-9-12)21-7-3-6-20-11-14(16,17)18/h8-10H,2-3,5-7,11H2. The van der Waals surface area contributed by atoms with Crippen LogP contribution in [0.4, 0.5) is 13.2 Å². The van der Waals surface area contributed by atoms with Gasteiger partial charge in [-0.2, -0.15) is 13.2 Å². The number of nitrogens with zero attached hydrogens (tertiary/aromatic N) is 1. The van der Waals surface area contributed by atoms with Gasteiger partial charge in [-0.3, -0.25) is 4.98 Å². The van der Waals surface area contributed by atoms with E-state index >= 15 is 0 Å². The molecule has 116 valence electrons. The molecule has 0 aliphatic heterocycles. The molecule has 0 saturated carbocycles. The van der Waals surface area contributed by atoms with Crippen LogP contribution in [-0.2, 0) is 4.74 Å².